The second kappa shape index (κ2) is 12.7. The lowest BCUT2D eigenvalue weighted by Gasteiger charge is -2.30. The number of carbonyl (C=O) groups excluding carboxylic acids is 1. The molecular weight excluding hydrogens is 440 g/mol. The lowest BCUT2D eigenvalue weighted by atomic mass is 9.88. The van der Waals surface area contributed by atoms with Crippen molar-refractivity contribution in [3.63, 3.8) is 0 Å². The molecule has 0 radical (unpaired) electrons. The molecule has 0 unspecified atom stereocenters. The topological polar surface area (TPSA) is 91.6 Å². The molecule has 6 nitrogen and oxygen atoms in total. The normalized spacial score (nSPS) is 14.3. The van der Waals surface area contributed by atoms with Crippen LogP contribution in [-0.2, 0) is 28.8 Å². The number of ether oxygens (including phenoxy) is 2. The molecule has 2 N–H and O–H groups in total. The number of aliphatic hydroxyl groups is 1. The van der Waals surface area contributed by atoms with Crippen LogP contribution in [0.1, 0.15) is 62.3 Å². The number of hydrogen-bond acceptors (Lipinski definition) is 6. The number of rotatable bonds is 13. The molecule has 2 aromatic rings. The maximum atomic E-state index is 11.6. The Bertz CT molecular complexity index is 1000. The summed E-state index contributed by atoms with van der Waals surface area (Å²) in [4.78, 5) is 11.6. The summed E-state index contributed by atoms with van der Waals surface area (Å²) >= 11 is 0. The van der Waals surface area contributed by atoms with Gasteiger partial charge in [0.2, 0.25) is 0 Å². The van der Waals surface area contributed by atoms with Crippen molar-refractivity contribution in [2.75, 3.05) is 19.8 Å². The van der Waals surface area contributed by atoms with Crippen LogP contribution in [0.4, 0.5) is 0 Å². The summed E-state index contributed by atoms with van der Waals surface area (Å²) in [5.41, 5.74) is 4.10. The first-order chi connectivity index (χ1) is 16.8. The van der Waals surface area contributed by atoms with Gasteiger partial charge < -0.3 is 19.9 Å². The van der Waals surface area contributed by atoms with E-state index < -0.39 is 6.10 Å². The number of esters is 1. The average molecular weight is 479 g/mol. The molecule has 1 atom stereocenters. The highest BCUT2D eigenvalue weighted by Crippen LogP contribution is 2.32. The molecule has 0 spiro atoms. The van der Waals surface area contributed by atoms with Gasteiger partial charge in [0.15, 0.2) is 0 Å². The maximum Gasteiger partial charge on any atom is 0.305 e. The molecule has 0 saturated carbocycles. The summed E-state index contributed by atoms with van der Waals surface area (Å²) in [6.07, 6.45) is 4.06. The van der Waals surface area contributed by atoms with Gasteiger partial charge in [-0.25, -0.2) is 0 Å². The van der Waals surface area contributed by atoms with Crippen molar-refractivity contribution in [1.82, 2.24) is 5.32 Å². The first-order valence-corrected chi connectivity index (χ1v) is 12.6. The molecule has 6 heteroatoms. The third-order valence-corrected chi connectivity index (χ3v) is 6.54. The number of aliphatic hydroxyl groups excluding tert-OH is 1. The molecule has 1 aliphatic rings. The van der Waals surface area contributed by atoms with Crippen LogP contribution in [0.2, 0.25) is 0 Å². The van der Waals surface area contributed by atoms with Gasteiger partial charge in [-0.15, -0.1) is 0 Å². The third-order valence-electron chi connectivity index (χ3n) is 6.54. The van der Waals surface area contributed by atoms with E-state index in [1.165, 1.54) is 11.1 Å². The van der Waals surface area contributed by atoms with Gasteiger partial charge in [-0.2, -0.15) is 5.26 Å². The number of benzene rings is 2. The molecule has 0 heterocycles. The Morgan fingerprint density at radius 2 is 1.91 bits per heavy atom. The van der Waals surface area contributed by atoms with E-state index in [4.69, 9.17) is 9.47 Å². The third kappa shape index (κ3) is 8.09. The van der Waals surface area contributed by atoms with E-state index in [1.807, 2.05) is 12.1 Å². The van der Waals surface area contributed by atoms with E-state index in [2.05, 4.69) is 49.5 Å². The van der Waals surface area contributed by atoms with Gasteiger partial charge in [0.1, 0.15) is 24.5 Å². The van der Waals surface area contributed by atoms with E-state index >= 15 is 0 Å². The number of nitriles is 1. The minimum atomic E-state index is -0.700. The van der Waals surface area contributed by atoms with Crippen LogP contribution < -0.4 is 10.1 Å². The van der Waals surface area contributed by atoms with Crippen LogP contribution in [0.5, 0.6) is 5.75 Å². The Labute approximate surface area is 209 Å². The van der Waals surface area contributed by atoms with Crippen molar-refractivity contribution in [3.8, 4) is 11.8 Å². The smallest absolute Gasteiger partial charge is 0.305 e. The lowest BCUT2D eigenvalue weighted by molar-refractivity contribution is -0.143. The van der Waals surface area contributed by atoms with Gasteiger partial charge >= 0.3 is 5.97 Å². The zero-order chi connectivity index (χ0) is 25.3. The zero-order valence-corrected chi connectivity index (χ0v) is 21.2. The number of nitrogens with zero attached hydrogens (tertiary/aromatic N) is 1. The van der Waals surface area contributed by atoms with Crippen molar-refractivity contribution >= 4 is 5.97 Å². The standard InChI is InChI=1S/C29H38N2O4/c1-4-34-28(33)14-8-12-22-11-7-13-27(26(22)18-30)35-20-25(32)19-31-29(2,3)17-21-15-23-9-5-6-10-24(23)16-21/h5-7,9-11,13,21,25,31-32H,4,8,12,14-17,19-20H2,1-3H3/t25-/m0/s1. The van der Waals surface area contributed by atoms with Crippen molar-refractivity contribution in [2.24, 2.45) is 5.92 Å². The molecule has 0 saturated heterocycles. The Morgan fingerprint density at radius 3 is 2.57 bits per heavy atom. The van der Waals surface area contributed by atoms with Crippen molar-refractivity contribution < 1.29 is 19.4 Å². The van der Waals surface area contributed by atoms with Crippen molar-refractivity contribution in [1.29, 1.82) is 5.26 Å². The van der Waals surface area contributed by atoms with E-state index in [-0.39, 0.29) is 18.1 Å². The summed E-state index contributed by atoms with van der Waals surface area (Å²) in [6.45, 7) is 7.02. The molecule has 3 rings (SSSR count). The highest BCUT2D eigenvalue weighted by Gasteiger charge is 2.28. The predicted octanol–water partition coefficient (Wildman–Crippen LogP) is 4.36. The summed E-state index contributed by atoms with van der Waals surface area (Å²) in [5, 5.41) is 23.7. The fourth-order valence-electron chi connectivity index (χ4n) is 4.92. The van der Waals surface area contributed by atoms with E-state index in [9.17, 15) is 15.2 Å². The average Bonchev–Trinajstić information content (AvgIpc) is 3.23. The molecule has 0 fully saturated rings. The Morgan fingerprint density at radius 1 is 1.20 bits per heavy atom. The molecule has 188 valence electrons. The molecular formula is C29H38N2O4. The Kier molecular flexibility index (Phi) is 9.71. The van der Waals surface area contributed by atoms with Crippen LogP contribution in [-0.4, -0.2) is 42.5 Å². The molecule has 0 aromatic heterocycles. The number of β-amino-alcohol motifs (C(OH)–C–C–N with tert-alkyl or cyclic N) is 1. The summed E-state index contributed by atoms with van der Waals surface area (Å²) < 4.78 is 10.8. The number of fused-ring (bicyclic) bond motifs is 1. The predicted molar refractivity (Wildman–Crippen MR) is 136 cm³/mol. The van der Waals surface area contributed by atoms with Crippen LogP contribution in [0.3, 0.4) is 0 Å². The van der Waals surface area contributed by atoms with Gasteiger partial charge in [0.05, 0.1) is 12.2 Å². The van der Waals surface area contributed by atoms with Gasteiger partial charge in [-0.1, -0.05) is 36.4 Å². The monoisotopic (exact) mass is 478 g/mol. The Balaban J connectivity index is 1.45. The highest BCUT2D eigenvalue weighted by atomic mass is 16.5. The van der Waals surface area contributed by atoms with Crippen LogP contribution in [0, 0.1) is 17.2 Å². The zero-order valence-electron chi connectivity index (χ0n) is 21.2. The van der Waals surface area contributed by atoms with Crippen LogP contribution in [0.25, 0.3) is 0 Å². The molecule has 2 aromatic carbocycles. The van der Waals surface area contributed by atoms with Crippen molar-refractivity contribution in [2.45, 2.75) is 70.9 Å². The van der Waals surface area contributed by atoms with Crippen LogP contribution in [0.15, 0.2) is 42.5 Å². The van der Waals surface area contributed by atoms with E-state index in [1.54, 1.807) is 13.0 Å². The second-order valence-electron chi connectivity index (χ2n) is 10.0. The van der Waals surface area contributed by atoms with E-state index in [0.717, 1.165) is 24.8 Å². The SMILES string of the molecule is CCOC(=O)CCCc1cccc(OC[C@@H](O)CNC(C)(C)CC2Cc3ccccc3C2)c1C#N. The molecule has 0 bridgehead atoms. The Hall–Kier alpha value is -2.88. The fourth-order valence-corrected chi connectivity index (χ4v) is 4.92. The molecule has 1 aliphatic carbocycles. The fraction of sp³-hybridized carbons (Fsp3) is 0.517. The quantitative estimate of drug-likeness (QED) is 0.416. The number of nitrogens with one attached hydrogen (secondary N) is 1. The second-order valence-corrected chi connectivity index (χ2v) is 10.0. The minimum Gasteiger partial charge on any atom is -0.489 e. The first-order valence-electron chi connectivity index (χ1n) is 12.6. The molecule has 0 aliphatic heterocycles. The summed E-state index contributed by atoms with van der Waals surface area (Å²) in [7, 11) is 0. The lowest BCUT2D eigenvalue weighted by Crippen LogP contribution is -2.46. The van der Waals surface area contributed by atoms with Gasteiger partial charge in [0.25, 0.3) is 0 Å². The number of hydrogen-bond donors (Lipinski definition) is 2. The number of carbonyl (C=O) groups is 1. The van der Waals surface area contributed by atoms with Gasteiger partial charge in [-0.05, 0) is 81.5 Å². The molecule has 0 amide bonds. The van der Waals surface area contributed by atoms with E-state index in [0.29, 0.717) is 49.6 Å². The molecule has 35 heavy (non-hydrogen) atoms. The largest absolute Gasteiger partial charge is 0.489 e. The first kappa shape index (κ1) is 26.7. The van der Waals surface area contributed by atoms with Crippen LogP contribution >= 0.6 is 0 Å². The van der Waals surface area contributed by atoms with Crippen molar-refractivity contribution in [3.05, 3.63) is 64.7 Å². The maximum absolute atomic E-state index is 11.6. The van der Waals surface area contributed by atoms with Gasteiger partial charge in [0, 0.05) is 18.5 Å². The minimum absolute atomic E-state index is 0.0961. The number of aryl methyl sites for hydroxylation is 1. The summed E-state index contributed by atoms with van der Waals surface area (Å²) in [5.74, 6) is 0.839. The summed E-state index contributed by atoms with van der Waals surface area (Å²) in [6, 6.07) is 16.3. The van der Waals surface area contributed by atoms with Gasteiger partial charge in [-0.3, -0.25) is 4.79 Å². The highest BCUT2D eigenvalue weighted by molar-refractivity contribution is 5.69.